The van der Waals surface area contributed by atoms with Crippen LogP contribution in [0.4, 0.5) is 10.5 Å². The van der Waals surface area contributed by atoms with E-state index in [-0.39, 0.29) is 12.6 Å². The average molecular weight is 337 g/mol. The zero-order valence-electron chi connectivity index (χ0n) is 14.9. The summed E-state index contributed by atoms with van der Waals surface area (Å²) in [4.78, 5) is 14.6. The number of aliphatic hydroxyl groups is 1. The highest BCUT2D eigenvalue weighted by Crippen LogP contribution is 2.15. The smallest absolute Gasteiger partial charge is 0.319 e. The number of rotatable bonds is 8. The van der Waals surface area contributed by atoms with Gasteiger partial charge < -0.3 is 20.6 Å². The van der Waals surface area contributed by atoms with Crippen LogP contribution in [-0.4, -0.2) is 57.6 Å². The molecule has 0 unspecified atom stereocenters. The van der Waals surface area contributed by atoms with Gasteiger partial charge in [-0.3, -0.25) is 4.68 Å². The summed E-state index contributed by atoms with van der Waals surface area (Å²) in [5.74, 6) is 0. The quantitative estimate of drug-likeness (QED) is 0.678. The summed E-state index contributed by atoms with van der Waals surface area (Å²) in [6, 6.07) is -0.302. The van der Waals surface area contributed by atoms with Gasteiger partial charge in [-0.15, -0.1) is 0 Å². The first-order chi connectivity index (χ1) is 11.6. The molecule has 0 aliphatic carbocycles. The molecule has 1 fully saturated rings. The summed E-state index contributed by atoms with van der Waals surface area (Å²) >= 11 is 0. The molecule has 24 heavy (non-hydrogen) atoms. The fourth-order valence-electron chi connectivity index (χ4n) is 3.07. The van der Waals surface area contributed by atoms with E-state index in [1.54, 1.807) is 6.20 Å². The summed E-state index contributed by atoms with van der Waals surface area (Å²) in [7, 11) is 0. The van der Waals surface area contributed by atoms with Gasteiger partial charge in [0, 0.05) is 12.7 Å². The number of hydrogen-bond acceptors (Lipinski definition) is 4. The number of carbonyl (C=O) groups is 1. The summed E-state index contributed by atoms with van der Waals surface area (Å²) in [6.45, 7) is 8.01. The Kier molecular flexibility index (Phi) is 7.05. The third-order valence-corrected chi connectivity index (χ3v) is 5.02. The van der Waals surface area contributed by atoms with Crippen molar-refractivity contribution < 1.29 is 9.90 Å². The molecule has 0 spiro atoms. The summed E-state index contributed by atoms with van der Waals surface area (Å²) in [5.41, 5.74) is 0.110. The Morgan fingerprint density at radius 2 is 1.96 bits per heavy atom. The van der Waals surface area contributed by atoms with Crippen LogP contribution < -0.4 is 10.6 Å². The van der Waals surface area contributed by atoms with Crippen molar-refractivity contribution in [1.29, 1.82) is 0 Å². The minimum absolute atomic E-state index is 0.0669. The van der Waals surface area contributed by atoms with Gasteiger partial charge >= 0.3 is 6.03 Å². The molecule has 1 aromatic rings. The predicted octanol–water partition coefficient (Wildman–Crippen LogP) is 2.04. The average Bonchev–Trinajstić information content (AvgIpc) is 3.06. The van der Waals surface area contributed by atoms with E-state index in [2.05, 4.69) is 20.6 Å². The molecule has 2 amide bonds. The second-order valence-corrected chi connectivity index (χ2v) is 6.62. The van der Waals surface area contributed by atoms with Crippen molar-refractivity contribution in [2.24, 2.45) is 0 Å². The number of piperidine rings is 1. The standard InChI is InChI=1S/C17H31N5O2/c1-3-17(4-2,14-23)20-16(24)19-15-12-18-22(13-15)11-10-21-8-6-5-7-9-21/h12-13,23H,3-11,14H2,1-2H3,(H2,19,20,24). The van der Waals surface area contributed by atoms with Crippen LogP contribution in [0, 0.1) is 0 Å². The fourth-order valence-corrected chi connectivity index (χ4v) is 3.07. The zero-order valence-corrected chi connectivity index (χ0v) is 14.9. The van der Waals surface area contributed by atoms with Crippen LogP contribution in [0.25, 0.3) is 0 Å². The van der Waals surface area contributed by atoms with E-state index >= 15 is 0 Å². The minimum atomic E-state index is -0.561. The van der Waals surface area contributed by atoms with Gasteiger partial charge in [0.05, 0.1) is 30.6 Å². The lowest BCUT2D eigenvalue weighted by Gasteiger charge is -2.30. The summed E-state index contributed by atoms with van der Waals surface area (Å²) in [5, 5.41) is 19.5. The minimum Gasteiger partial charge on any atom is -0.394 e. The van der Waals surface area contributed by atoms with Crippen LogP contribution in [0.3, 0.4) is 0 Å². The van der Waals surface area contributed by atoms with E-state index in [9.17, 15) is 9.90 Å². The highest BCUT2D eigenvalue weighted by Gasteiger charge is 2.27. The van der Waals surface area contributed by atoms with Crippen molar-refractivity contribution in [3.63, 3.8) is 0 Å². The Hall–Kier alpha value is -1.60. The van der Waals surface area contributed by atoms with Crippen molar-refractivity contribution in [2.75, 3.05) is 31.6 Å². The number of nitrogens with zero attached hydrogens (tertiary/aromatic N) is 3. The topological polar surface area (TPSA) is 82.4 Å². The molecule has 0 bridgehead atoms. The molecule has 0 atom stereocenters. The Morgan fingerprint density at radius 1 is 1.25 bits per heavy atom. The molecule has 0 radical (unpaired) electrons. The first-order valence-electron chi connectivity index (χ1n) is 9.05. The van der Waals surface area contributed by atoms with Gasteiger partial charge in [0.15, 0.2) is 0 Å². The van der Waals surface area contributed by atoms with E-state index in [1.807, 2.05) is 24.7 Å². The van der Waals surface area contributed by atoms with Gasteiger partial charge in [-0.2, -0.15) is 5.10 Å². The molecule has 1 aromatic heterocycles. The maximum absolute atomic E-state index is 12.1. The van der Waals surface area contributed by atoms with Gasteiger partial charge in [-0.25, -0.2) is 4.79 Å². The monoisotopic (exact) mass is 337 g/mol. The number of carbonyl (C=O) groups excluding carboxylic acids is 1. The molecule has 7 nitrogen and oxygen atoms in total. The lowest BCUT2D eigenvalue weighted by molar-refractivity contribution is 0.155. The van der Waals surface area contributed by atoms with Crippen molar-refractivity contribution in [3.05, 3.63) is 12.4 Å². The first kappa shape index (κ1) is 18.7. The Labute approximate surface area is 144 Å². The third kappa shape index (κ3) is 5.21. The summed E-state index contributed by atoms with van der Waals surface area (Å²) in [6.07, 6.45) is 8.79. The molecule has 136 valence electrons. The molecule has 0 aromatic carbocycles. The largest absolute Gasteiger partial charge is 0.394 e. The number of anilines is 1. The number of aliphatic hydroxyl groups excluding tert-OH is 1. The van der Waals surface area contributed by atoms with Crippen LogP contribution in [0.1, 0.15) is 46.0 Å². The van der Waals surface area contributed by atoms with E-state index in [4.69, 9.17) is 0 Å². The van der Waals surface area contributed by atoms with E-state index in [0.29, 0.717) is 18.5 Å². The third-order valence-electron chi connectivity index (χ3n) is 5.02. The van der Waals surface area contributed by atoms with Gasteiger partial charge in [0.25, 0.3) is 0 Å². The van der Waals surface area contributed by atoms with Gasteiger partial charge in [0.1, 0.15) is 0 Å². The highest BCUT2D eigenvalue weighted by atomic mass is 16.3. The maximum Gasteiger partial charge on any atom is 0.319 e. The van der Waals surface area contributed by atoms with Crippen LogP contribution in [0.15, 0.2) is 12.4 Å². The van der Waals surface area contributed by atoms with Crippen molar-refractivity contribution >= 4 is 11.7 Å². The molecule has 1 aliphatic rings. The molecule has 2 heterocycles. The Bertz CT molecular complexity index is 499. The lowest BCUT2D eigenvalue weighted by Crippen LogP contribution is -2.51. The number of urea groups is 1. The number of amides is 2. The number of aromatic nitrogens is 2. The van der Waals surface area contributed by atoms with Crippen LogP contribution in [-0.2, 0) is 6.54 Å². The van der Waals surface area contributed by atoms with Crippen molar-refractivity contribution in [3.8, 4) is 0 Å². The lowest BCUT2D eigenvalue weighted by atomic mass is 9.94. The molecule has 7 heteroatoms. The van der Waals surface area contributed by atoms with Crippen molar-refractivity contribution in [1.82, 2.24) is 20.0 Å². The van der Waals surface area contributed by atoms with E-state index in [0.717, 1.165) is 13.1 Å². The number of likely N-dealkylation sites (tertiary alicyclic amines) is 1. The Morgan fingerprint density at radius 3 is 2.58 bits per heavy atom. The van der Waals surface area contributed by atoms with Crippen LogP contribution in [0.2, 0.25) is 0 Å². The van der Waals surface area contributed by atoms with E-state index in [1.165, 1.54) is 32.4 Å². The second kappa shape index (κ2) is 9.03. The normalized spacial score (nSPS) is 16.1. The first-order valence-corrected chi connectivity index (χ1v) is 9.05. The Balaban J connectivity index is 1.80. The van der Waals surface area contributed by atoms with E-state index < -0.39 is 5.54 Å². The molecule has 3 N–H and O–H groups in total. The molecule has 0 saturated carbocycles. The number of hydrogen-bond donors (Lipinski definition) is 3. The molecule has 1 saturated heterocycles. The van der Waals surface area contributed by atoms with Gasteiger partial charge in [-0.1, -0.05) is 20.3 Å². The highest BCUT2D eigenvalue weighted by molar-refractivity contribution is 5.89. The summed E-state index contributed by atoms with van der Waals surface area (Å²) < 4.78 is 1.86. The predicted molar refractivity (Wildman–Crippen MR) is 95.1 cm³/mol. The maximum atomic E-state index is 12.1. The van der Waals surface area contributed by atoms with Gasteiger partial charge in [-0.05, 0) is 38.8 Å². The number of nitrogens with one attached hydrogen (secondary N) is 2. The van der Waals surface area contributed by atoms with Gasteiger partial charge in [0.2, 0.25) is 0 Å². The van der Waals surface area contributed by atoms with Crippen LogP contribution >= 0.6 is 0 Å². The molecule has 2 rings (SSSR count). The zero-order chi connectivity index (χ0) is 17.4. The fraction of sp³-hybridized carbons (Fsp3) is 0.765. The molecular formula is C17H31N5O2. The molecular weight excluding hydrogens is 306 g/mol. The van der Waals surface area contributed by atoms with Crippen molar-refractivity contribution in [2.45, 2.75) is 58.0 Å². The van der Waals surface area contributed by atoms with Crippen LogP contribution in [0.5, 0.6) is 0 Å². The molecule has 1 aliphatic heterocycles. The SMILES string of the molecule is CCC(CC)(CO)NC(=O)Nc1cnn(CCN2CCCCC2)c1. The second-order valence-electron chi connectivity index (χ2n) is 6.62.